The van der Waals surface area contributed by atoms with Gasteiger partial charge in [0.2, 0.25) is 5.91 Å². The molecule has 122 valence electrons. The SMILES string of the molecule is Cc1ccc(NC(=O)CC(C)NC(C)(CO)C2CC2)c(C)c1. The Morgan fingerprint density at radius 1 is 1.41 bits per heavy atom. The molecule has 4 nitrogen and oxygen atoms in total. The summed E-state index contributed by atoms with van der Waals surface area (Å²) in [6, 6.07) is 6.04. The van der Waals surface area contributed by atoms with E-state index in [0.717, 1.165) is 24.1 Å². The third-order valence-electron chi connectivity index (χ3n) is 4.53. The van der Waals surface area contributed by atoms with Gasteiger partial charge in [0.05, 0.1) is 6.61 Å². The largest absolute Gasteiger partial charge is 0.394 e. The van der Waals surface area contributed by atoms with Gasteiger partial charge >= 0.3 is 0 Å². The Balaban J connectivity index is 1.88. The Morgan fingerprint density at radius 2 is 2.09 bits per heavy atom. The molecule has 4 heteroatoms. The normalized spacial score (nSPS) is 18.6. The summed E-state index contributed by atoms with van der Waals surface area (Å²) in [5.74, 6) is 0.533. The Morgan fingerprint density at radius 3 is 2.64 bits per heavy atom. The molecule has 22 heavy (non-hydrogen) atoms. The zero-order valence-corrected chi connectivity index (χ0v) is 14.1. The second kappa shape index (κ2) is 6.80. The number of carbonyl (C=O) groups is 1. The minimum Gasteiger partial charge on any atom is -0.394 e. The third kappa shape index (κ3) is 4.31. The van der Waals surface area contributed by atoms with Gasteiger partial charge < -0.3 is 15.7 Å². The van der Waals surface area contributed by atoms with E-state index < -0.39 is 0 Å². The molecular weight excluding hydrogens is 276 g/mol. The number of anilines is 1. The summed E-state index contributed by atoms with van der Waals surface area (Å²) in [5, 5.41) is 16.0. The average molecular weight is 304 g/mol. The van der Waals surface area contributed by atoms with Crippen LogP contribution in [0.4, 0.5) is 5.69 Å². The summed E-state index contributed by atoms with van der Waals surface area (Å²) < 4.78 is 0. The van der Waals surface area contributed by atoms with Crippen molar-refractivity contribution in [2.45, 2.75) is 58.5 Å². The predicted octanol–water partition coefficient (Wildman–Crippen LogP) is 2.77. The van der Waals surface area contributed by atoms with E-state index in [1.165, 1.54) is 5.56 Å². The quantitative estimate of drug-likeness (QED) is 0.726. The number of nitrogens with one attached hydrogen (secondary N) is 2. The smallest absolute Gasteiger partial charge is 0.225 e. The number of aryl methyl sites for hydroxylation is 2. The van der Waals surface area contributed by atoms with E-state index in [0.29, 0.717) is 12.3 Å². The van der Waals surface area contributed by atoms with Crippen molar-refractivity contribution in [3.63, 3.8) is 0 Å². The van der Waals surface area contributed by atoms with Gasteiger partial charge in [-0.3, -0.25) is 4.79 Å². The number of carbonyl (C=O) groups excluding carboxylic acids is 1. The highest BCUT2D eigenvalue weighted by Gasteiger charge is 2.41. The zero-order chi connectivity index (χ0) is 16.3. The van der Waals surface area contributed by atoms with E-state index in [4.69, 9.17) is 0 Å². The zero-order valence-electron chi connectivity index (χ0n) is 14.1. The molecule has 1 aromatic rings. The van der Waals surface area contributed by atoms with E-state index >= 15 is 0 Å². The van der Waals surface area contributed by atoms with E-state index in [2.05, 4.69) is 16.7 Å². The molecule has 3 N–H and O–H groups in total. The number of aliphatic hydroxyl groups excluding tert-OH is 1. The van der Waals surface area contributed by atoms with Crippen molar-refractivity contribution >= 4 is 11.6 Å². The van der Waals surface area contributed by atoms with Crippen molar-refractivity contribution in [2.24, 2.45) is 5.92 Å². The molecule has 1 saturated carbocycles. The molecule has 1 aliphatic carbocycles. The first-order chi connectivity index (χ1) is 10.3. The van der Waals surface area contributed by atoms with Crippen LogP contribution >= 0.6 is 0 Å². The number of rotatable bonds is 7. The fraction of sp³-hybridized carbons (Fsp3) is 0.611. The molecule has 1 fully saturated rings. The van der Waals surface area contributed by atoms with Crippen LogP contribution in [0.2, 0.25) is 0 Å². The maximum atomic E-state index is 12.2. The van der Waals surface area contributed by atoms with Gasteiger partial charge in [-0.15, -0.1) is 0 Å². The highest BCUT2D eigenvalue weighted by Crippen LogP contribution is 2.39. The van der Waals surface area contributed by atoms with Crippen molar-refractivity contribution in [3.8, 4) is 0 Å². The lowest BCUT2D eigenvalue weighted by atomic mass is 9.95. The van der Waals surface area contributed by atoms with Crippen LogP contribution in [0.1, 0.15) is 44.2 Å². The highest BCUT2D eigenvalue weighted by molar-refractivity contribution is 5.91. The molecule has 2 atom stereocenters. The molecule has 1 amide bonds. The third-order valence-corrected chi connectivity index (χ3v) is 4.53. The van der Waals surface area contributed by atoms with Crippen LogP contribution < -0.4 is 10.6 Å². The Labute approximate surface area is 133 Å². The molecule has 0 saturated heterocycles. The van der Waals surface area contributed by atoms with Crippen LogP contribution in [0.3, 0.4) is 0 Å². The van der Waals surface area contributed by atoms with Gasteiger partial charge in [-0.05, 0) is 58.1 Å². The van der Waals surface area contributed by atoms with E-state index in [9.17, 15) is 9.90 Å². The van der Waals surface area contributed by atoms with Gasteiger partial charge in [0.1, 0.15) is 0 Å². The molecule has 1 aromatic carbocycles. The standard InChI is InChI=1S/C18H28N2O2/c1-12-5-8-16(13(2)9-12)19-17(22)10-14(3)20-18(4,11-21)15-6-7-15/h5,8-9,14-15,20-21H,6-7,10-11H2,1-4H3,(H,19,22). The number of amides is 1. The van der Waals surface area contributed by atoms with Crippen LogP contribution in [0.5, 0.6) is 0 Å². The van der Waals surface area contributed by atoms with Crippen LogP contribution in [-0.4, -0.2) is 29.2 Å². The fourth-order valence-electron chi connectivity index (χ4n) is 3.06. The van der Waals surface area contributed by atoms with Crippen molar-refractivity contribution in [1.29, 1.82) is 0 Å². The number of benzene rings is 1. The summed E-state index contributed by atoms with van der Waals surface area (Å²) in [4.78, 5) is 12.2. The van der Waals surface area contributed by atoms with Crippen LogP contribution in [-0.2, 0) is 4.79 Å². The first-order valence-corrected chi connectivity index (χ1v) is 8.09. The highest BCUT2D eigenvalue weighted by atomic mass is 16.3. The topological polar surface area (TPSA) is 61.4 Å². The van der Waals surface area contributed by atoms with Crippen molar-refractivity contribution in [2.75, 3.05) is 11.9 Å². The summed E-state index contributed by atoms with van der Waals surface area (Å²) in [6.45, 7) is 8.19. The number of hydrogen-bond acceptors (Lipinski definition) is 3. The van der Waals surface area contributed by atoms with Gasteiger partial charge in [0.15, 0.2) is 0 Å². The average Bonchev–Trinajstić information content (AvgIpc) is 3.26. The van der Waals surface area contributed by atoms with E-state index in [1.807, 2.05) is 39.8 Å². The van der Waals surface area contributed by atoms with E-state index in [1.54, 1.807) is 0 Å². The van der Waals surface area contributed by atoms with Crippen LogP contribution in [0, 0.1) is 19.8 Å². The summed E-state index contributed by atoms with van der Waals surface area (Å²) in [5.41, 5.74) is 2.87. The predicted molar refractivity (Wildman–Crippen MR) is 90.0 cm³/mol. The lowest BCUT2D eigenvalue weighted by molar-refractivity contribution is -0.116. The molecule has 0 spiro atoms. The summed E-state index contributed by atoms with van der Waals surface area (Å²) in [6.07, 6.45) is 2.71. The molecule has 0 aliphatic heterocycles. The lowest BCUT2D eigenvalue weighted by Crippen LogP contribution is -2.52. The monoisotopic (exact) mass is 304 g/mol. The molecule has 1 aliphatic rings. The molecule has 0 radical (unpaired) electrons. The molecular formula is C18H28N2O2. The summed E-state index contributed by atoms with van der Waals surface area (Å²) >= 11 is 0. The Hall–Kier alpha value is -1.39. The van der Waals surface area contributed by atoms with Crippen LogP contribution in [0.25, 0.3) is 0 Å². The van der Waals surface area contributed by atoms with Gasteiger partial charge in [0, 0.05) is 23.7 Å². The first-order valence-electron chi connectivity index (χ1n) is 8.09. The molecule has 2 unspecified atom stereocenters. The Bertz CT molecular complexity index is 540. The minimum absolute atomic E-state index is 0.00281. The second-order valence-corrected chi connectivity index (χ2v) is 6.97. The maximum Gasteiger partial charge on any atom is 0.225 e. The van der Waals surface area contributed by atoms with Gasteiger partial charge in [-0.1, -0.05) is 17.7 Å². The van der Waals surface area contributed by atoms with Gasteiger partial charge in [-0.25, -0.2) is 0 Å². The van der Waals surface area contributed by atoms with Crippen molar-refractivity contribution in [3.05, 3.63) is 29.3 Å². The van der Waals surface area contributed by atoms with E-state index in [-0.39, 0.29) is 24.1 Å². The first kappa shape index (κ1) is 17.0. The minimum atomic E-state index is -0.264. The lowest BCUT2D eigenvalue weighted by Gasteiger charge is -2.32. The Kier molecular flexibility index (Phi) is 5.24. The molecule has 0 bridgehead atoms. The molecule has 0 aromatic heterocycles. The summed E-state index contributed by atoms with van der Waals surface area (Å²) in [7, 11) is 0. The number of aliphatic hydroxyl groups is 1. The van der Waals surface area contributed by atoms with Crippen molar-refractivity contribution in [1.82, 2.24) is 5.32 Å². The fourth-order valence-corrected chi connectivity index (χ4v) is 3.06. The maximum absolute atomic E-state index is 12.2. The molecule has 2 rings (SSSR count). The van der Waals surface area contributed by atoms with Crippen molar-refractivity contribution < 1.29 is 9.90 Å². The van der Waals surface area contributed by atoms with Crippen LogP contribution in [0.15, 0.2) is 18.2 Å². The van der Waals surface area contributed by atoms with Gasteiger partial charge in [0.25, 0.3) is 0 Å². The van der Waals surface area contributed by atoms with Gasteiger partial charge in [-0.2, -0.15) is 0 Å². The molecule has 0 heterocycles. The number of hydrogen-bond donors (Lipinski definition) is 3. The second-order valence-electron chi connectivity index (χ2n) is 6.97.